The number of β-amino-alcohol motifs (C(OH)–C–C–N with tert-alkyl or cyclic N) is 1. The molecule has 2 N–H and O–H groups in total. The number of hydrogen-bond donors (Lipinski definition) is 2. The normalized spacial score (nSPS) is 35.8. The second-order valence-corrected chi connectivity index (χ2v) is 6.72. The standard InChI is InChI=1S/C15H28N2O/c18-14(8-12-4-1-2-5-12)10-17-9-13-6-3-7-16-15(13)11-17/h12-16,18H,1-11H2. The predicted molar refractivity (Wildman–Crippen MR) is 73.5 cm³/mol. The number of hydrogen-bond acceptors (Lipinski definition) is 3. The van der Waals surface area contributed by atoms with Crippen molar-refractivity contribution in [3.8, 4) is 0 Å². The Hall–Kier alpha value is -0.120. The third-order valence-electron chi connectivity index (χ3n) is 5.22. The molecule has 3 unspecified atom stereocenters. The van der Waals surface area contributed by atoms with Crippen molar-refractivity contribution in [3.63, 3.8) is 0 Å². The molecule has 18 heavy (non-hydrogen) atoms. The summed E-state index contributed by atoms with van der Waals surface area (Å²) in [7, 11) is 0. The third-order valence-corrected chi connectivity index (χ3v) is 5.22. The molecular weight excluding hydrogens is 224 g/mol. The van der Waals surface area contributed by atoms with Crippen molar-refractivity contribution in [1.82, 2.24) is 10.2 Å². The summed E-state index contributed by atoms with van der Waals surface area (Å²) in [5, 5.41) is 13.9. The molecular formula is C15H28N2O. The van der Waals surface area contributed by atoms with Gasteiger partial charge >= 0.3 is 0 Å². The quantitative estimate of drug-likeness (QED) is 0.798. The maximum atomic E-state index is 10.2. The van der Waals surface area contributed by atoms with Crippen LogP contribution < -0.4 is 5.32 Å². The number of aliphatic hydroxyl groups is 1. The zero-order chi connectivity index (χ0) is 12.4. The molecule has 0 amide bonds. The van der Waals surface area contributed by atoms with Gasteiger partial charge < -0.3 is 10.4 Å². The van der Waals surface area contributed by atoms with Crippen molar-refractivity contribution in [2.75, 3.05) is 26.2 Å². The monoisotopic (exact) mass is 252 g/mol. The van der Waals surface area contributed by atoms with Gasteiger partial charge in [0, 0.05) is 25.7 Å². The Kier molecular flexibility index (Phi) is 4.22. The first kappa shape index (κ1) is 12.9. The first-order valence-corrected chi connectivity index (χ1v) is 7.95. The third kappa shape index (κ3) is 3.06. The Bertz CT molecular complexity index is 251. The maximum Gasteiger partial charge on any atom is 0.0669 e. The second-order valence-electron chi connectivity index (χ2n) is 6.72. The van der Waals surface area contributed by atoms with Gasteiger partial charge in [-0.2, -0.15) is 0 Å². The Balaban J connectivity index is 1.42. The highest BCUT2D eigenvalue weighted by molar-refractivity contribution is 4.92. The van der Waals surface area contributed by atoms with Crippen molar-refractivity contribution in [1.29, 1.82) is 0 Å². The Labute approximate surface area is 111 Å². The predicted octanol–water partition coefficient (Wildman–Crippen LogP) is 1.61. The zero-order valence-corrected chi connectivity index (χ0v) is 11.5. The zero-order valence-electron chi connectivity index (χ0n) is 11.5. The molecule has 1 saturated carbocycles. The number of piperidine rings is 1. The van der Waals surface area contributed by atoms with Gasteiger partial charge in [0.05, 0.1) is 6.10 Å². The second kappa shape index (κ2) is 5.89. The Morgan fingerprint density at radius 1 is 1.11 bits per heavy atom. The van der Waals surface area contributed by atoms with Gasteiger partial charge in [-0.05, 0) is 37.6 Å². The molecule has 3 atom stereocenters. The Morgan fingerprint density at radius 3 is 2.72 bits per heavy atom. The lowest BCUT2D eigenvalue weighted by Gasteiger charge is -2.24. The van der Waals surface area contributed by atoms with Gasteiger partial charge in [-0.1, -0.05) is 25.7 Å². The van der Waals surface area contributed by atoms with E-state index in [1.807, 2.05) is 0 Å². The van der Waals surface area contributed by atoms with Crippen LogP contribution in [0.1, 0.15) is 44.9 Å². The summed E-state index contributed by atoms with van der Waals surface area (Å²) in [4.78, 5) is 2.49. The molecule has 0 aromatic heterocycles. The van der Waals surface area contributed by atoms with E-state index >= 15 is 0 Å². The highest BCUT2D eigenvalue weighted by Gasteiger charge is 2.34. The van der Waals surface area contributed by atoms with E-state index in [0.29, 0.717) is 6.04 Å². The summed E-state index contributed by atoms with van der Waals surface area (Å²) in [5.41, 5.74) is 0. The first-order valence-electron chi connectivity index (χ1n) is 7.95. The van der Waals surface area contributed by atoms with Crippen LogP contribution in [-0.2, 0) is 0 Å². The molecule has 0 spiro atoms. The summed E-state index contributed by atoms with van der Waals surface area (Å²) < 4.78 is 0. The molecule has 0 aromatic carbocycles. The summed E-state index contributed by atoms with van der Waals surface area (Å²) in [6.07, 6.45) is 9.14. The van der Waals surface area contributed by atoms with Gasteiger partial charge in [-0.3, -0.25) is 4.90 Å². The summed E-state index contributed by atoms with van der Waals surface area (Å²) in [5.74, 6) is 1.65. The fraction of sp³-hybridized carbons (Fsp3) is 1.00. The van der Waals surface area contributed by atoms with Crippen LogP contribution in [0.5, 0.6) is 0 Å². The van der Waals surface area contributed by atoms with Gasteiger partial charge in [-0.25, -0.2) is 0 Å². The van der Waals surface area contributed by atoms with Crippen LogP contribution in [0.4, 0.5) is 0 Å². The van der Waals surface area contributed by atoms with Crippen molar-refractivity contribution in [2.45, 2.75) is 57.1 Å². The van der Waals surface area contributed by atoms with E-state index in [-0.39, 0.29) is 6.10 Å². The number of fused-ring (bicyclic) bond motifs is 1. The van der Waals surface area contributed by atoms with Crippen LogP contribution in [0.2, 0.25) is 0 Å². The van der Waals surface area contributed by atoms with E-state index < -0.39 is 0 Å². The number of aliphatic hydroxyl groups excluding tert-OH is 1. The fourth-order valence-corrected chi connectivity index (χ4v) is 4.29. The van der Waals surface area contributed by atoms with E-state index in [4.69, 9.17) is 0 Å². The highest BCUT2D eigenvalue weighted by Crippen LogP contribution is 2.30. The molecule has 3 nitrogen and oxygen atoms in total. The average Bonchev–Trinajstić information content (AvgIpc) is 2.96. The molecule has 2 saturated heterocycles. The van der Waals surface area contributed by atoms with Crippen LogP contribution in [0.25, 0.3) is 0 Å². The average molecular weight is 252 g/mol. The minimum Gasteiger partial charge on any atom is -0.392 e. The van der Waals surface area contributed by atoms with Crippen molar-refractivity contribution >= 4 is 0 Å². The molecule has 1 aliphatic carbocycles. The van der Waals surface area contributed by atoms with Crippen LogP contribution in [0.3, 0.4) is 0 Å². The number of rotatable bonds is 4. The summed E-state index contributed by atoms with van der Waals surface area (Å²) in [6, 6.07) is 0.706. The van der Waals surface area contributed by atoms with E-state index in [1.54, 1.807) is 0 Å². The molecule has 3 fully saturated rings. The summed E-state index contributed by atoms with van der Waals surface area (Å²) in [6.45, 7) is 4.47. The van der Waals surface area contributed by atoms with Gasteiger partial charge in [0.2, 0.25) is 0 Å². The van der Waals surface area contributed by atoms with Crippen molar-refractivity contribution in [2.24, 2.45) is 11.8 Å². The topological polar surface area (TPSA) is 35.5 Å². The smallest absolute Gasteiger partial charge is 0.0669 e. The van der Waals surface area contributed by atoms with E-state index in [0.717, 1.165) is 31.3 Å². The number of nitrogens with one attached hydrogen (secondary N) is 1. The van der Waals surface area contributed by atoms with Crippen LogP contribution >= 0.6 is 0 Å². The summed E-state index contributed by atoms with van der Waals surface area (Å²) >= 11 is 0. The van der Waals surface area contributed by atoms with Gasteiger partial charge in [0.1, 0.15) is 0 Å². The van der Waals surface area contributed by atoms with Gasteiger partial charge in [0.25, 0.3) is 0 Å². The molecule has 3 aliphatic rings. The van der Waals surface area contributed by atoms with Gasteiger partial charge in [0.15, 0.2) is 0 Å². The van der Waals surface area contributed by atoms with E-state index in [1.165, 1.54) is 51.6 Å². The van der Waals surface area contributed by atoms with E-state index in [2.05, 4.69) is 10.2 Å². The molecule has 0 aromatic rings. The lowest BCUT2D eigenvalue weighted by atomic mass is 9.94. The van der Waals surface area contributed by atoms with E-state index in [9.17, 15) is 5.11 Å². The first-order chi connectivity index (χ1) is 8.81. The Morgan fingerprint density at radius 2 is 1.94 bits per heavy atom. The molecule has 0 bridgehead atoms. The van der Waals surface area contributed by atoms with Crippen LogP contribution in [0, 0.1) is 11.8 Å². The molecule has 104 valence electrons. The van der Waals surface area contributed by atoms with Crippen LogP contribution in [0.15, 0.2) is 0 Å². The fourth-order valence-electron chi connectivity index (χ4n) is 4.29. The largest absolute Gasteiger partial charge is 0.392 e. The highest BCUT2D eigenvalue weighted by atomic mass is 16.3. The molecule has 2 heterocycles. The van der Waals surface area contributed by atoms with Crippen molar-refractivity contribution < 1.29 is 5.11 Å². The van der Waals surface area contributed by atoms with Gasteiger partial charge in [-0.15, -0.1) is 0 Å². The minimum absolute atomic E-state index is 0.0896. The number of nitrogens with zero attached hydrogens (tertiary/aromatic N) is 1. The molecule has 3 rings (SSSR count). The lowest BCUT2D eigenvalue weighted by Crippen LogP contribution is -2.41. The minimum atomic E-state index is -0.0896. The molecule has 2 aliphatic heterocycles. The SMILES string of the molecule is OC(CC1CCCC1)CN1CC2CCCNC2C1. The van der Waals surface area contributed by atoms with Crippen LogP contribution in [-0.4, -0.2) is 48.3 Å². The maximum absolute atomic E-state index is 10.2. The molecule has 0 radical (unpaired) electrons. The lowest BCUT2D eigenvalue weighted by molar-refractivity contribution is 0.0994. The molecule has 3 heteroatoms. The van der Waals surface area contributed by atoms with Crippen molar-refractivity contribution in [3.05, 3.63) is 0 Å². The number of likely N-dealkylation sites (tertiary alicyclic amines) is 1.